The molecule has 1 aromatic carbocycles. The van der Waals surface area contributed by atoms with Crippen molar-refractivity contribution in [1.29, 1.82) is 0 Å². The van der Waals surface area contributed by atoms with Crippen molar-refractivity contribution in [3.63, 3.8) is 0 Å². The van der Waals surface area contributed by atoms with Crippen LogP contribution in [0.25, 0.3) is 0 Å². The molecule has 3 nitrogen and oxygen atoms in total. The lowest BCUT2D eigenvalue weighted by Gasteiger charge is -2.12. The Morgan fingerprint density at radius 3 is 2.72 bits per heavy atom. The molecule has 1 aromatic heterocycles. The minimum atomic E-state index is -0.172. The predicted molar refractivity (Wildman–Crippen MR) is 74.7 cm³/mol. The van der Waals surface area contributed by atoms with Crippen LogP contribution >= 0.6 is 22.9 Å². The molecule has 0 bridgehead atoms. The molecule has 1 atom stereocenters. The van der Waals surface area contributed by atoms with Gasteiger partial charge in [0.15, 0.2) is 0 Å². The van der Waals surface area contributed by atoms with Gasteiger partial charge in [-0.2, -0.15) is 0 Å². The van der Waals surface area contributed by atoms with Gasteiger partial charge in [0.1, 0.15) is 18.1 Å². The van der Waals surface area contributed by atoms with E-state index in [1.54, 1.807) is 7.11 Å². The summed E-state index contributed by atoms with van der Waals surface area (Å²) in [5.41, 5.74) is 6.02. The fourth-order valence-corrected chi connectivity index (χ4v) is 2.53. The van der Waals surface area contributed by atoms with Crippen molar-refractivity contribution < 1.29 is 9.47 Å². The van der Waals surface area contributed by atoms with Gasteiger partial charge in [0.2, 0.25) is 0 Å². The molecular weight excluding hydrogens is 270 g/mol. The normalized spacial score (nSPS) is 12.2. The minimum Gasteiger partial charge on any atom is -0.497 e. The summed E-state index contributed by atoms with van der Waals surface area (Å²) in [6.07, 6.45) is 0. The fraction of sp³-hybridized carbons (Fsp3) is 0.231. The first kappa shape index (κ1) is 13.2. The van der Waals surface area contributed by atoms with E-state index in [-0.39, 0.29) is 6.04 Å². The first-order chi connectivity index (χ1) is 8.69. The highest BCUT2D eigenvalue weighted by atomic mass is 35.5. The fourth-order valence-electron chi connectivity index (χ4n) is 1.49. The van der Waals surface area contributed by atoms with Crippen LogP contribution in [-0.4, -0.2) is 13.7 Å². The molecule has 96 valence electrons. The molecule has 0 saturated carbocycles. The number of hydrogen-bond acceptors (Lipinski definition) is 4. The molecule has 2 aromatic rings. The molecule has 0 aliphatic carbocycles. The summed E-state index contributed by atoms with van der Waals surface area (Å²) >= 11 is 7.34. The van der Waals surface area contributed by atoms with E-state index >= 15 is 0 Å². The van der Waals surface area contributed by atoms with Gasteiger partial charge in [-0.3, -0.25) is 0 Å². The van der Waals surface area contributed by atoms with Crippen LogP contribution in [0, 0.1) is 0 Å². The Labute approximate surface area is 115 Å². The Kier molecular flexibility index (Phi) is 4.47. The highest BCUT2D eigenvalue weighted by Crippen LogP contribution is 2.26. The second-order valence-electron chi connectivity index (χ2n) is 3.74. The third-order valence-corrected chi connectivity index (χ3v) is 3.79. The van der Waals surface area contributed by atoms with Crippen LogP contribution < -0.4 is 15.2 Å². The zero-order valence-electron chi connectivity index (χ0n) is 9.93. The van der Waals surface area contributed by atoms with E-state index in [2.05, 4.69) is 0 Å². The largest absolute Gasteiger partial charge is 0.497 e. The Bertz CT molecular complexity index is 515. The van der Waals surface area contributed by atoms with Crippen molar-refractivity contribution in [1.82, 2.24) is 0 Å². The van der Waals surface area contributed by atoms with Gasteiger partial charge in [-0.15, -0.1) is 11.3 Å². The third-order valence-electron chi connectivity index (χ3n) is 2.43. The molecule has 2 N–H and O–H groups in total. The van der Waals surface area contributed by atoms with Crippen molar-refractivity contribution in [2.24, 2.45) is 5.73 Å². The monoisotopic (exact) mass is 283 g/mol. The van der Waals surface area contributed by atoms with Crippen LogP contribution in [0.3, 0.4) is 0 Å². The van der Waals surface area contributed by atoms with E-state index in [0.29, 0.717) is 6.61 Å². The lowest BCUT2D eigenvalue weighted by atomic mass is 10.3. The van der Waals surface area contributed by atoms with Gasteiger partial charge in [-0.05, 0) is 24.3 Å². The highest BCUT2D eigenvalue weighted by Gasteiger charge is 2.09. The van der Waals surface area contributed by atoms with E-state index in [4.69, 9.17) is 26.8 Å². The first-order valence-corrected chi connectivity index (χ1v) is 6.66. The van der Waals surface area contributed by atoms with Crippen molar-refractivity contribution in [3.05, 3.63) is 45.6 Å². The van der Waals surface area contributed by atoms with Crippen LogP contribution in [0.4, 0.5) is 0 Å². The molecule has 0 aliphatic heterocycles. The Morgan fingerprint density at radius 2 is 2.06 bits per heavy atom. The number of methoxy groups -OCH3 is 1. The molecule has 0 saturated heterocycles. The van der Waals surface area contributed by atoms with Gasteiger partial charge in [-0.1, -0.05) is 17.7 Å². The van der Waals surface area contributed by atoms with Gasteiger partial charge in [0.05, 0.1) is 17.5 Å². The molecule has 18 heavy (non-hydrogen) atoms. The summed E-state index contributed by atoms with van der Waals surface area (Å²) < 4.78 is 11.5. The van der Waals surface area contributed by atoms with Crippen molar-refractivity contribution in [2.75, 3.05) is 13.7 Å². The average Bonchev–Trinajstić information content (AvgIpc) is 2.83. The second-order valence-corrected chi connectivity index (χ2v) is 5.49. The van der Waals surface area contributed by atoms with Crippen molar-refractivity contribution in [2.45, 2.75) is 6.04 Å². The summed E-state index contributed by atoms with van der Waals surface area (Å²) in [7, 11) is 1.62. The summed E-state index contributed by atoms with van der Waals surface area (Å²) in [6, 6.07) is 11.0. The van der Waals surface area contributed by atoms with Crippen LogP contribution in [0.1, 0.15) is 10.9 Å². The molecule has 0 amide bonds. The quantitative estimate of drug-likeness (QED) is 0.913. The van der Waals surface area contributed by atoms with Crippen LogP contribution in [0.2, 0.25) is 4.34 Å². The smallest absolute Gasteiger partial charge is 0.123 e. The third kappa shape index (κ3) is 3.38. The molecule has 0 aliphatic rings. The van der Waals surface area contributed by atoms with E-state index in [1.165, 1.54) is 11.3 Å². The average molecular weight is 284 g/mol. The van der Waals surface area contributed by atoms with Gasteiger partial charge >= 0.3 is 0 Å². The Morgan fingerprint density at radius 1 is 1.28 bits per heavy atom. The second kappa shape index (κ2) is 6.09. The number of thiophene rings is 1. The van der Waals surface area contributed by atoms with Crippen LogP contribution in [0.15, 0.2) is 36.4 Å². The van der Waals surface area contributed by atoms with E-state index < -0.39 is 0 Å². The zero-order chi connectivity index (χ0) is 13.0. The molecule has 5 heteroatoms. The molecule has 1 heterocycles. The maximum absolute atomic E-state index is 6.02. The SMILES string of the molecule is COc1cccc(OCC(N)c2ccc(Cl)s2)c1. The molecular formula is C13H14ClNO2S. The van der Waals surface area contributed by atoms with Crippen LogP contribution in [-0.2, 0) is 0 Å². The van der Waals surface area contributed by atoms with Crippen LogP contribution in [0.5, 0.6) is 11.5 Å². The first-order valence-electron chi connectivity index (χ1n) is 5.46. The van der Waals surface area contributed by atoms with E-state index in [1.807, 2.05) is 36.4 Å². The number of ether oxygens (including phenoxy) is 2. The van der Waals surface area contributed by atoms with Gasteiger partial charge in [0.25, 0.3) is 0 Å². The minimum absolute atomic E-state index is 0.172. The van der Waals surface area contributed by atoms with E-state index in [0.717, 1.165) is 20.7 Å². The van der Waals surface area contributed by atoms with Crippen molar-refractivity contribution in [3.8, 4) is 11.5 Å². The highest BCUT2D eigenvalue weighted by molar-refractivity contribution is 7.16. The maximum atomic E-state index is 6.02. The standard InChI is InChI=1S/C13H14ClNO2S/c1-16-9-3-2-4-10(7-9)17-8-11(15)12-5-6-13(14)18-12/h2-7,11H,8,15H2,1H3. The predicted octanol–water partition coefficient (Wildman–Crippen LogP) is 3.49. The lowest BCUT2D eigenvalue weighted by molar-refractivity contribution is 0.290. The number of hydrogen-bond donors (Lipinski definition) is 1. The summed E-state index contributed by atoms with van der Waals surface area (Å²) in [4.78, 5) is 1.02. The van der Waals surface area contributed by atoms with Gasteiger partial charge in [0, 0.05) is 10.9 Å². The maximum Gasteiger partial charge on any atom is 0.123 e. The van der Waals surface area contributed by atoms with Gasteiger partial charge in [-0.25, -0.2) is 0 Å². The zero-order valence-corrected chi connectivity index (χ0v) is 11.5. The molecule has 0 radical (unpaired) electrons. The summed E-state index contributed by atoms with van der Waals surface area (Å²) in [5.74, 6) is 1.51. The topological polar surface area (TPSA) is 44.5 Å². The molecule has 0 fully saturated rings. The van der Waals surface area contributed by atoms with Crippen molar-refractivity contribution >= 4 is 22.9 Å². The number of nitrogens with two attached hydrogens (primary N) is 1. The number of halogens is 1. The Hall–Kier alpha value is -1.23. The summed E-state index contributed by atoms with van der Waals surface area (Å²) in [5, 5.41) is 0. The number of rotatable bonds is 5. The molecule has 0 spiro atoms. The van der Waals surface area contributed by atoms with E-state index in [9.17, 15) is 0 Å². The number of benzene rings is 1. The summed E-state index contributed by atoms with van der Waals surface area (Å²) in [6.45, 7) is 0.407. The Balaban J connectivity index is 1.94. The molecule has 2 rings (SSSR count). The van der Waals surface area contributed by atoms with Gasteiger partial charge < -0.3 is 15.2 Å². The lowest BCUT2D eigenvalue weighted by Crippen LogP contribution is -2.17. The molecule has 1 unspecified atom stereocenters.